The molecule has 3 aromatic rings. The molecule has 0 radical (unpaired) electrons. The van der Waals surface area contributed by atoms with E-state index in [9.17, 15) is 28.3 Å². The van der Waals surface area contributed by atoms with Crippen molar-refractivity contribution in [2.45, 2.75) is 83.1 Å². The highest BCUT2D eigenvalue weighted by atomic mass is 19.1. The quantitative estimate of drug-likeness (QED) is 0.169. The van der Waals surface area contributed by atoms with Gasteiger partial charge in [-0.2, -0.15) is 0 Å². The number of hydrogen-bond donors (Lipinski definition) is 4. The third kappa shape index (κ3) is 9.86. The highest BCUT2D eigenvalue weighted by Gasteiger charge is 2.53. The summed E-state index contributed by atoms with van der Waals surface area (Å²) in [6.45, 7) is 5.94. The average molecular weight is 679 g/mol. The molecule has 4 rings (SSSR count). The second-order valence-electron chi connectivity index (χ2n) is 12.9. The van der Waals surface area contributed by atoms with Crippen molar-refractivity contribution in [2.24, 2.45) is 5.92 Å². The molecule has 1 fully saturated rings. The largest absolute Gasteiger partial charge is 0.497 e. The van der Waals surface area contributed by atoms with Gasteiger partial charge in [-0.15, -0.1) is 0 Å². The maximum absolute atomic E-state index is 14.3. The third-order valence-electron chi connectivity index (χ3n) is 9.46. The Morgan fingerprint density at radius 3 is 2.35 bits per heavy atom. The molecular weight excluding hydrogens is 630 g/mol. The van der Waals surface area contributed by atoms with Crippen LogP contribution < -0.4 is 20.7 Å². The van der Waals surface area contributed by atoms with E-state index >= 15 is 0 Å². The van der Waals surface area contributed by atoms with Crippen LogP contribution in [0.1, 0.15) is 56.7 Å². The van der Waals surface area contributed by atoms with Crippen LogP contribution in [0.25, 0.3) is 0 Å². The molecule has 2 unspecified atom stereocenters. The first-order valence-corrected chi connectivity index (χ1v) is 16.9. The molecule has 0 aliphatic carbocycles. The molecule has 5 atom stereocenters. The Hall–Kier alpha value is -4.35. The number of carbonyl (C=O) groups excluding carboxylic acids is 3. The number of likely N-dealkylation sites (tertiary alicyclic amines) is 1. The zero-order chi connectivity index (χ0) is 35.6. The van der Waals surface area contributed by atoms with Crippen LogP contribution >= 0.6 is 0 Å². The SMILES string of the molecule is CC[C@H](C)[C@@]1(NC(C)=O)CCN([C@@H](CCc2ccccc2)C(=O)NC(Cc2cc(F)cc(F)c2)C(O)CNCc2cccc(OC)c2)C1=O. The van der Waals surface area contributed by atoms with Gasteiger partial charge >= 0.3 is 0 Å². The molecule has 1 aliphatic heterocycles. The molecule has 11 heteroatoms. The van der Waals surface area contributed by atoms with Crippen molar-refractivity contribution in [3.05, 3.63) is 101 Å². The lowest BCUT2D eigenvalue weighted by atomic mass is 9.81. The van der Waals surface area contributed by atoms with Gasteiger partial charge in [0.2, 0.25) is 17.7 Å². The Labute approximate surface area is 287 Å². The lowest BCUT2D eigenvalue weighted by Gasteiger charge is -2.36. The first kappa shape index (κ1) is 37.5. The maximum atomic E-state index is 14.3. The number of halogens is 2. The normalized spacial score (nSPS) is 18.4. The van der Waals surface area contributed by atoms with E-state index in [-0.39, 0.29) is 49.2 Å². The molecule has 1 aliphatic rings. The van der Waals surface area contributed by atoms with E-state index in [2.05, 4.69) is 16.0 Å². The van der Waals surface area contributed by atoms with Crippen molar-refractivity contribution in [2.75, 3.05) is 20.2 Å². The van der Waals surface area contributed by atoms with Crippen molar-refractivity contribution >= 4 is 17.7 Å². The number of methoxy groups -OCH3 is 1. The summed E-state index contributed by atoms with van der Waals surface area (Å²) in [5.74, 6) is -2.18. The van der Waals surface area contributed by atoms with Crippen LogP contribution in [0.15, 0.2) is 72.8 Å². The van der Waals surface area contributed by atoms with Gasteiger partial charge in [0.15, 0.2) is 0 Å². The van der Waals surface area contributed by atoms with Gasteiger partial charge in [-0.1, -0.05) is 62.7 Å². The Morgan fingerprint density at radius 1 is 1.00 bits per heavy atom. The number of aryl methyl sites for hydroxylation is 1. The maximum Gasteiger partial charge on any atom is 0.249 e. The van der Waals surface area contributed by atoms with Crippen LogP contribution in [0.5, 0.6) is 5.75 Å². The standard InChI is InChI=1S/C38H48F2N4O5/c1-5-25(2)38(43-26(3)45)16-17-44(37(38)48)34(15-14-27-10-7-6-8-11-27)36(47)42-33(21-29-18-30(39)22-31(40)19-29)35(46)24-41-23-28-12-9-13-32(20-28)49-4/h6-13,18-20,22,25,33-35,41,46H,5,14-17,21,23-24H2,1-4H3,(H,42,47)(H,43,45)/t25-,33?,34-,35?,38-/m0/s1. The van der Waals surface area contributed by atoms with E-state index in [1.165, 1.54) is 24.0 Å². The zero-order valence-electron chi connectivity index (χ0n) is 28.7. The number of nitrogens with one attached hydrogen (secondary N) is 3. The van der Waals surface area contributed by atoms with Gasteiger partial charge in [0, 0.05) is 32.6 Å². The molecule has 0 spiro atoms. The zero-order valence-corrected chi connectivity index (χ0v) is 28.7. The van der Waals surface area contributed by atoms with E-state index in [0.29, 0.717) is 31.6 Å². The molecule has 49 heavy (non-hydrogen) atoms. The van der Waals surface area contributed by atoms with Gasteiger partial charge in [0.05, 0.1) is 19.3 Å². The minimum Gasteiger partial charge on any atom is -0.497 e. The average Bonchev–Trinajstić information content (AvgIpc) is 3.39. The highest BCUT2D eigenvalue weighted by molar-refractivity contribution is 5.96. The molecule has 4 N–H and O–H groups in total. The van der Waals surface area contributed by atoms with Gasteiger partial charge in [-0.25, -0.2) is 8.78 Å². The number of hydrogen-bond acceptors (Lipinski definition) is 6. The Bertz CT molecular complexity index is 1550. The van der Waals surface area contributed by atoms with Crippen LogP contribution in [-0.4, -0.2) is 71.7 Å². The summed E-state index contributed by atoms with van der Waals surface area (Å²) >= 11 is 0. The van der Waals surface area contributed by atoms with Crippen molar-refractivity contribution in [1.29, 1.82) is 0 Å². The lowest BCUT2D eigenvalue weighted by Crippen LogP contribution is -2.60. The van der Waals surface area contributed by atoms with E-state index in [1.807, 2.05) is 68.4 Å². The summed E-state index contributed by atoms with van der Waals surface area (Å²) in [6, 6.07) is 18.2. The predicted molar refractivity (Wildman–Crippen MR) is 184 cm³/mol. The van der Waals surface area contributed by atoms with Gasteiger partial charge in [0.1, 0.15) is 29.0 Å². The van der Waals surface area contributed by atoms with E-state index in [0.717, 1.165) is 17.2 Å². The number of benzene rings is 3. The number of amides is 3. The number of ether oxygens (including phenoxy) is 1. The molecule has 9 nitrogen and oxygen atoms in total. The number of aliphatic hydroxyl groups is 1. The van der Waals surface area contributed by atoms with Crippen molar-refractivity contribution in [3.63, 3.8) is 0 Å². The summed E-state index contributed by atoms with van der Waals surface area (Å²) < 4.78 is 33.7. The Morgan fingerprint density at radius 2 is 1.69 bits per heavy atom. The summed E-state index contributed by atoms with van der Waals surface area (Å²) in [4.78, 5) is 42.3. The fraction of sp³-hybridized carbons (Fsp3) is 0.447. The van der Waals surface area contributed by atoms with Gasteiger partial charge in [-0.05, 0) is 72.6 Å². The van der Waals surface area contributed by atoms with Gasteiger partial charge in [-0.3, -0.25) is 14.4 Å². The molecule has 0 bridgehead atoms. The number of nitrogens with zero attached hydrogens (tertiary/aromatic N) is 1. The fourth-order valence-electron chi connectivity index (χ4n) is 6.63. The molecule has 1 heterocycles. The van der Waals surface area contributed by atoms with Crippen LogP contribution in [0.4, 0.5) is 8.78 Å². The van der Waals surface area contributed by atoms with Crippen LogP contribution in [0.3, 0.4) is 0 Å². The van der Waals surface area contributed by atoms with Crippen molar-refractivity contribution in [3.8, 4) is 5.75 Å². The van der Waals surface area contributed by atoms with E-state index < -0.39 is 41.3 Å². The summed E-state index contributed by atoms with van der Waals surface area (Å²) in [7, 11) is 1.58. The van der Waals surface area contributed by atoms with Gasteiger partial charge < -0.3 is 30.7 Å². The van der Waals surface area contributed by atoms with E-state index in [1.54, 1.807) is 7.11 Å². The van der Waals surface area contributed by atoms with E-state index in [4.69, 9.17) is 4.74 Å². The molecule has 1 saturated heterocycles. The van der Waals surface area contributed by atoms with Gasteiger partial charge in [0.25, 0.3) is 0 Å². The third-order valence-corrected chi connectivity index (χ3v) is 9.46. The number of aliphatic hydroxyl groups excluding tert-OH is 1. The van der Waals surface area contributed by atoms with Crippen molar-refractivity contribution < 1.29 is 33.0 Å². The second kappa shape index (κ2) is 17.3. The van der Waals surface area contributed by atoms with Crippen LogP contribution in [0.2, 0.25) is 0 Å². The van der Waals surface area contributed by atoms with Crippen LogP contribution in [-0.2, 0) is 33.8 Å². The lowest BCUT2D eigenvalue weighted by molar-refractivity contribution is -0.144. The highest BCUT2D eigenvalue weighted by Crippen LogP contribution is 2.34. The molecule has 0 saturated carbocycles. The smallest absolute Gasteiger partial charge is 0.249 e. The number of carbonyl (C=O) groups is 3. The summed E-state index contributed by atoms with van der Waals surface area (Å²) in [6.07, 6.45) is 0.529. The molecular formula is C38H48F2N4O5. The second-order valence-corrected chi connectivity index (χ2v) is 12.9. The van der Waals surface area contributed by atoms with Crippen LogP contribution in [0, 0.1) is 17.6 Å². The monoisotopic (exact) mass is 678 g/mol. The number of rotatable bonds is 17. The first-order valence-electron chi connectivity index (χ1n) is 16.9. The molecule has 0 aromatic heterocycles. The molecule has 3 amide bonds. The first-order chi connectivity index (χ1) is 23.4. The fourth-order valence-corrected chi connectivity index (χ4v) is 6.63. The molecule has 264 valence electrons. The topological polar surface area (TPSA) is 120 Å². The summed E-state index contributed by atoms with van der Waals surface area (Å²) in [5.41, 5.74) is 1.01. The molecule has 3 aromatic carbocycles. The minimum atomic E-state index is -1.16. The Balaban J connectivity index is 1.60. The Kier molecular flexibility index (Phi) is 13.3. The predicted octanol–water partition coefficient (Wildman–Crippen LogP) is 4.31. The van der Waals surface area contributed by atoms with Crippen molar-refractivity contribution in [1.82, 2.24) is 20.9 Å². The minimum absolute atomic E-state index is 0.0525. The summed E-state index contributed by atoms with van der Waals surface area (Å²) in [5, 5.41) is 20.5.